The number of anilines is 2. The predicted octanol–water partition coefficient (Wildman–Crippen LogP) is 4.82. The Morgan fingerprint density at radius 1 is 1.24 bits per heavy atom. The molecule has 128 valence electrons. The Balaban J connectivity index is 2.19. The molecule has 1 N–H and O–H groups in total. The van der Waals surface area contributed by atoms with E-state index < -0.39 is 5.97 Å². The maximum absolute atomic E-state index is 12.4. The lowest BCUT2D eigenvalue weighted by Gasteiger charge is -2.15. The van der Waals surface area contributed by atoms with Gasteiger partial charge in [0.25, 0.3) is 0 Å². The van der Waals surface area contributed by atoms with Crippen molar-refractivity contribution < 1.29 is 9.53 Å². The molecule has 6 heteroatoms. The normalized spacial score (nSPS) is 10.7. The number of hydrogen-bond acceptors (Lipinski definition) is 5. The highest BCUT2D eigenvalue weighted by Gasteiger charge is 2.18. The number of pyridine rings is 2. The predicted molar refractivity (Wildman–Crippen MR) is 99.7 cm³/mol. The van der Waals surface area contributed by atoms with Gasteiger partial charge in [-0.3, -0.25) is 0 Å². The second-order valence-corrected chi connectivity index (χ2v) is 6.11. The summed E-state index contributed by atoms with van der Waals surface area (Å²) in [6.45, 7) is 5.92. The molecule has 3 aromatic rings. The van der Waals surface area contributed by atoms with Gasteiger partial charge in [-0.1, -0.05) is 17.7 Å². The molecule has 3 rings (SSSR count). The smallest absolute Gasteiger partial charge is 0.341 e. The number of carbonyl (C=O) groups is 1. The van der Waals surface area contributed by atoms with E-state index >= 15 is 0 Å². The molecule has 2 heterocycles. The van der Waals surface area contributed by atoms with Crippen molar-refractivity contribution in [3.8, 4) is 0 Å². The van der Waals surface area contributed by atoms with Crippen molar-refractivity contribution in [2.75, 3.05) is 11.9 Å². The van der Waals surface area contributed by atoms with Gasteiger partial charge in [0, 0.05) is 28.0 Å². The van der Waals surface area contributed by atoms with Crippen molar-refractivity contribution in [1.29, 1.82) is 0 Å². The van der Waals surface area contributed by atoms with Crippen molar-refractivity contribution >= 4 is 40.0 Å². The van der Waals surface area contributed by atoms with E-state index in [0.717, 1.165) is 22.3 Å². The fourth-order valence-electron chi connectivity index (χ4n) is 2.53. The van der Waals surface area contributed by atoms with Crippen LogP contribution in [-0.4, -0.2) is 22.5 Å². The molecule has 0 aliphatic rings. The van der Waals surface area contributed by atoms with E-state index in [9.17, 15) is 4.79 Å². The number of aryl methyl sites for hydroxylation is 2. The number of benzene rings is 1. The van der Waals surface area contributed by atoms with Gasteiger partial charge in [0.15, 0.2) is 5.65 Å². The van der Waals surface area contributed by atoms with Crippen LogP contribution in [0.2, 0.25) is 5.02 Å². The fourth-order valence-corrected chi connectivity index (χ4v) is 2.71. The molecule has 0 saturated heterocycles. The van der Waals surface area contributed by atoms with Crippen LogP contribution in [0.1, 0.15) is 28.5 Å². The number of esters is 1. The van der Waals surface area contributed by atoms with E-state index in [1.54, 1.807) is 6.92 Å². The van der Waals surface area contributed by atoms with Crippen LogP contribution >= 0.6 is 11.6 Å². The third kappa shape index (κ3) is 3.56. The van der Waals surface area contributed by atoms with Crippen LogP contribution in [-0.2, 0) is 4.74 Å². The van der Waals surface area contributed by atoms with E-state index in [2.05, 4.69) is 15.3 Å². The zero-order valence-corrected chi connectivity index (χ0v) is 15.0. The van der Waals surface area contributed by atoms with Crippen LogP contribution < -0.4 is 5.32 Å². The van der Waals surface area contributed by atoms with Crippen molar-refractivity contribution in [3.05, 3.63) is 58.4 Å². The summed E-state index contributed by atoms with van der Waals surface area (Å²) in [6.07, 6.45) is 1.50. The molecule has 0 unspecified atom stereocenters. The molecule has 0 bridgehead atoms. The largest absolute Gasteiger partial charge is 0.462 e. The average molecular weight is 356 g/mol. The Labute approximate surface area is 151 Å². The Hall–Kier alpha value is -2.66. The summed E-state index contributed by atoms with van der Waals surface area (Å²) in [7, 11) is 0. The third-order valence-electron chi connectivity index (χ3n) is 3.82. The van der Waals surface area contributed by atoms with E-state index in [-0.39, 0.29) is 0 Å². The molecule has 0 radical (unpaired) electrons. The highest BCUT2D eigenvalue weighted by atomic mass is 35.5. The van der Waals surface area contributed by atoms with Crippen LogP contribution in [0, 0.1) is 13.8 Å². The molecule has 1 aromatic carbocycles. The van der Waals surface area contributed by atoms with Crippen LogP contribution in [0.15, 0.2) is 36.5 Å². The molecular weight excluding hydrogens is 338 g/mol. The summed E-state index contributed by atoms with van der Waals surface area (Å²) in [5.41, 5.74) is 4.21. The summed E-state index contributed by atoms with van der Waals surface area (Å²) in [4.78, 5) is 21.1. The molecule has 0 aliphatic carbocycles. The van der Waals surface area contributed by atoms with Crippen LogP contribution in [0.25, 0.3) is 11.0 Å². The van der Waals surface area contributed by atoms with Gasteiger partial charge < -0.3 is 10.1 Å². The third-order valence-corrected chi connectivity index (χ3v) is 4.06. The van der Waals surface area contributed by atoms with E-state index in [1.165, 1.54) is 6.20 Å². The maximum Gasteiger partial charge on any atom is 0.341 e. The lowest BCUT2D eigenvalue weighted by atomic mass is 10.1. The second kappa shape index (κ2) is 7.07. The van der Waals surface area contributed by atoms with Crippen molar-refractivity contribution in [2.24, 2.45) is 0 Å². The SMILES string of the molecule is CCOC(=O)c1cnc2nc(C)ccc2c1Nc1cc(Cl)ccc1C. The number of fused-ring (bicyclic) bond motifs is 1. The first-order valence-electron chi connectivity index (χ1n) is 7.96. The van der Waals surface area contributed by atoms with Crippen molar-refractivity contribution in [2.45, 2.75) is 20.8 Å². The minimum absolute atomic E-state index is 0.290. The van der Waals surface area contributed by atoms with E-state index in [1.807, 2.05) is 44.2 Å². The number of nitrogens with zero attached hydrogens (tertiary/aromatic N) is 2. The minimum atomic E-state index is -0.431. The molecule has 2 aromatic heterocycles. The maximum atomic E-state index is 12.4. The first-order chi connectivity index (χ1) is 12.0. The van der Waals surface area contributed by atoms with Gasteiger partial charge in [-0.05, 0) is 50.6 Å². The summed E-state index contributed by atoms with van der Waals surface area (Å²) in [6, 6.07) is 9.34. The summed E-state index contributed by atoms with van der Waals surface area (Å²) >= 11 is 6.12. The molecule has 0 fully saturated rings. The minimum Gasteiger partial charge on any atom is -0.462 e. The molecule has 0 saturated carbocycles. The zero-order valence-electron chi connectivity index (χ0n) is 14.3. The lowest BCUT2D eigenvalue weighted by Crippen LogP contribution is -2.10. The Kier molecular flexibility index (Phi) is 4.86. The summed E-state index contributed by atoms with van der Waals surface area (Å²) < 4.78 is 5.17. The monoisotopic (exact) mass is 355 g/mol. The topological polar surface area (TPSA) is 64.1 Å². The average Bonchev–Trinajstić information content (AvgIpc) is 2.58. The van der Waals surface area contributed by atoms with Crippen LogP contribution in [0.5, 0.6) is 0 Å². The standard InChI is InChI=1S/C19H18ClN3O2/c1-4-25-19(24)15-10-21-18-14(8-6-12(3)22-18)17(15)23-16-9-13(20)7-5-11(16)2/h5-10H,4H2,1-3H3,(H,21,22,23). The quantitative estimate of drug-likeness (QED) is 0.680. The molecule has 0 spiro atoms. The van der Waals surface area contributed by atoms with Crippen LogP contribution in [0.4, 0.5) is 11.4 Å². The highest BCUT2D eigenvalue weighted by molar-refractivity contribution is 6.30. The molecule has 0 amide bonds. The first kappa shape index (κ1) is 17.2. The number of ether oxygens (including phenoxy) is 1. The van der Waals surface area contributed by atoms with E-state index in [4.69, 9.17) is 16.3 Å². The Bertz CT molecular complexity index is 957. The summed E-state index contributed by atoms with van der Waals surface area (Å²) in [5.74, 6) is -0.431. The number of rotatable bonds is 4. The van der Waals surface area contributed by atoms with Gasteiger partial charge >= 0.3 is 5.97 Å². The molecule has 25 heavy (non-hydrogen) atoms. The number of nitrogens with one attached hydrogen (secondary N) is 1. The van der Waals surface area contributed by atoms with Gasteiger partial charge in [-0.15, -0.1) is 0 Å². The van der Waals surface area contributed by atoms with Gasteiger partial charge in [0.1, 0.15) is 5.56 Å². The number of carbonyl (C=O) groups excluding carboxylic acids is 1. The van der Waals surface area contributed by atoms with E-state index in [0.29, 0.717) is 28.5 Å². The van der Waals surface area contributed by atoms with Crippen molar-refractivity contribution in [3.63, 3.8) is 0 Å². The molecule has 0 atom stereocenters. The van der Waals surface area contributed by atoms with Gasteiger partial charge in [-0.25, -0.2) is 14.8 Å². The van der Waals surface area contributed by atoms with Gasteiger partial charge in [0.05, 0.1) is 12.3 Å². The highest BCUT2D eigenvalue weighted by Crippen LogP contribution is 2.31. The van der Waals surface area contributed by atoms with Gasteiger partial charge in [-0.2, -0.15) is 0 Å². The summed E-state index contributed by atoms with van der Waals surface area (Å²) in [5, 5.41) is 4.67. The fraction of sp³-hybridized carbons (Fsp3) is 0.211. The number of aromatic nitrogens is 2. The van der Waals surface area contributed by atoms with Crippen LogP contribution in [0.3, 0.4) is 0 Å². The molecule has 0 aliphatic heterocycles. The van der Waals surface area contributed by atoms with Gasteiger partial charge in [0.2, 0.25) is 0 Å². The number of halogens is 1. The zero-order chi connectivity index (χ0) is 18.0. The molecular formula is C19H18ClN3O2. The Morgan fingerprint density at radius 2 is 2.04 bits per heavy atom. The molecule has 5 nitrogen and oxygen atoms in total. The second-order valence-electron chi connectivity index (χ2n) is 5.68. The lowest BCUT2D eigenvalue weighted by molar-refractivity contribution is 0.0527. The van der Waals surface area contributed by atoms with Crippen molar-refractivity contribution in [1.82, 2.24) is 9.97 Å². The Morgan fingerprint density at radius 3 is 2.80 bits per heavy atom. The number of hydrogen-bond donors (Lipinski definition) is 1. The first-order valence-corrected chi connectivity index (χ1v) is 8.34.